The van der Waals surface area contributed by atoms with Crippen molar-refractivity contribution >= 4 is 17.5 Å². The second-order valence-corrected chi connectivity index (χ2v) is 6.34. The number of hydrogen-bond donors (Lipinski definition) is 2. The summed E-state index contributed by atoms with van der Waals surface area (Å²) in [6.45, 7) is 0.293. The third-order valence-corrected chi connectivity index (χ3v) is 4.32. The molecule has 0 bridgehead atoms. The predicted octanol–water partition coefficient (Wildman–Crippen LogP) is 2.24. The number of tetrazole rings is 1. The average molecular weight is 399 g/mol. The number of pyridine rings is 1. The number of carbonyl (C=O) groups is 2. The molecule has 2 N–H and O–H groups in total. The van der Waals surface area contributed by atoms with Gasteiger partial charge < -0.3 is 10.6 Å². The molecule has 9 nitrogen and oxygen atoms in total. The quantitative estimate of drug-likeness (QED) is 0.514. The molecule has 2 aromatic carbocycles. The van der Waals surface area contributed by atoms with Crippen LogP contribution in [0.1, 0.15) is 26.3 Å². The molecule has 0 unspecified atom stereocenters. The summed E-state index contributed by atoms with van der Waals surface area (Å²) in [5, 5.41) is 16.8. The molecular formula is C21H17N7O2. The summed E-state index contributed by atoms with van der Waals surface area (Å²) in [7, 11) is 0. The highest BCUT2D eigenvalue weighted by Gasteiger charge is 2.13. The highest BCUT2D eigenvalue weighted by molar-refractivity contribution is 6.04. The van der Waals surface area contributed by atoms with Crippen molar-refractivity contribution in [2.75, 3.05) is 5.32 Å². The Balaban J connectivity index is 1.43. The van der Waals surface area contributed by atoms with Gasteiger partial charge in [-0.15, -0.1) is 5.10 Å². The zero-order chi connectivity index (χ0) is 20.8. The van der Waals surface area contributed by atoms with Crippen LogP contribution in [-0.4, -0.2) is 37.0 Å². The van der Waals surface area contributed by atoms with Crippen molar-refractivity contribution in [2.24, 2.45) is 0 Å². The zero-order valence-corrected chi connectivity index (χ0v) is 15.8. The first-order valence-electron chi connectivity index (χ1n) is 9.11. The van der Waals surface area contributed by atoms with Crippen LogP contribution < -0.4 is 10.6 Å². The van der Waals surface area contributed by atoms with Gasteiger partial charge in [-0.1, -0.05) is 24.3 Å². The van der Waals surface area contributed by atoms with Crippen molar-refractivity contribution in [3.63, 3.8) is 0 Å². The Hall–Kier alpha value is -4.40. The molecule has 0 aliphatic carbocycles. The number of carbonyl (C=O) groups excluding carboxylic acids is 2. The molecule has 2 amide bonds. The molecule has 9 heteroatoms. The van der Waals surface area contributed by atoms with Crippen molar-refractivity contribution < 1.29 is 9.59 Å². The number of nitrogens with zero attached hydrogens (tertiary/aromatic N) is 5. The van der Waals surface area contributed by atoms with Crippen molar-refractivity contribution in [1.82, 2.24) is 30.5 Å². The van der Waals surface area contributed by atoms with Gasteiger partial charge in [-0.3, -0.25) is 14.6 Å². The summed E-state index contributed by atoms with van der Waals surface area (Å²) in [6, 6.07) is 17.6. The minimum Gasteiger partial charge on any atom is -0.348 e. The second kappa shape index (κ2) is 8.74. The molecule has 0 aliphatic rings. The average Bonchev–Trinajstić information content (AvgIpc) is 3.33. The number of aromatic nitrogens is 5. The van der Waals surface area contributed by atoms with Crippen LogP contribution in [0, 0.1) is 0 Å². The van der Waals surface area contributed by atoms with Gasteiger partial charge in [0.15, 0.2) is 0 Å². The van der Waals surface area contributed by atoms with Crippen molar-refractivity contribution in [1.29, 1.82) is 0 Å². The number of benzene rings is 2. The van der Waals surface area contributed by atoms with E-state index in [9.17, 15) is 9.59 Å². The lowest BCUT2D eigenvalue weighted by molar-refractivity contribution is 0.0949. The van der Waals surface area contributed by atoms with Gasteiger partial charge in [0.25, 0.3) is 11.8 Å². The van der Waals surface area contributed by atoms with Crippen LogP contribution in [0.4, 0.5) is 5.69 Å². The molecule has 2 aromatic heterocycles. The first-order chi connectivity index (χ1) is 14.7. The third-order valence-electron chi connectivity index (χ3n) is 4.32. The topological polar surface area (TPSA) is 115 Å². The van der Waals surface area contributed by atoms with Crippen LogP contribution in [0.3, 0.4) is 0 Å². The summed E-state index contributed by atoms with van der Waals surface area (Å²) in [4.78, 5) is 28.9. The van der Waals surface area contributed by atoms with Gasteiger partial charge in [-0.2, -0.15) is 4.68 Å². The van der Waals surface area contributed by atoms with Gasteiger partial charge >= 0.3 is 0 Å². The lowest BCUT2D eigenvalue weighted by Crippen LogP contribution is -2.24. The first kappa shape index (κ1) is 18.9. The van der Waals surface area contributed by atoms with Crippen LogP contribution in [-0.2, 0) is 6.54 Å². The number of rotatable bonds is 6. The van der Waals surface area contributed by atoms with Gasteiger partial charge in [-0.25, -0.2) is 0 Å². The summed E-state index contributed by atoms with van der Waals surface area (Å²) < 4.78 is 1.43. The van der Waals surface area contributed by atoms with E-state index in [1.807, 2.05) is 24.3 Å². The molecule has 4 rings (SSSR count). The summed E-state index contributed by atoms with van der Waals surface area (Å²) in [5.74, 6) is -0.485. The Kier molecular flexibility index (Phi) is 5.52. The van der Waals surface area contributed by atoms with E-state index in [1.165, 1.54) is 11.0 Å². The third kappa shape index (κ3) is 4.36. The second-order valence-electron chi connectivity index (χ2n) is 6.34. The molecule has 0 radical (unpaired) electrons. The van der Waals surface area contributed by atoms with Crippen molar-refractivity contribution in [2.45, 2.75) is 6.54 Å². The van der Waals surface area contributed by atoms with E-state index in [2.05, 4.69) is 31.1 Å². The molecular weight excluding hydrogens is 382 g/mol. The van der Waals surface area contributed by atoms with Gasteiger partial charge in [0, 0.05) is 30.2 Å². The molecule has 148 valence electrons. The minimum absolute atomic E-state index is 0.228. The molecule has 30 heavy (non-hydrogen) atoms. The Morgan fingerprint density at radius 1 is 0.933 bits per heavy atom. The normalized spacial score (nSPS) is 10.4. The van der Waals surface area contributed by atoms with Crippen LogP contribution in [0.2, 0.25) is 0 Å². The minimum atomic E-state index is -0.257. The van der Waals surface area contributed by atoms with Gasteiger partial charge in [-0.05, 0) is 52.4 Å². The number of hydrogen-bond acceptors (Lipinski definition) is 6. The molecule has 0 saturated carbocycles. The molecule has 0 spiro atoms. The fraction of sp³-hybridized carbons (Fsp3) is 0.0476. The molecule has 4 aromatic rings. The monoisotopic (exact) mass is 399 g/mol. The highest BCUT2D eigenvalue weighted by atomic mass is 16.2. The van der Waals surface area contributed by atoms with Crippen LogP contribution >= 0.6 is 0 Å². The van der Waals surface area contributed by atoms with E-state index in [4.69, 9.17) is 0 Å². The molecule has 0 saturated heterocycles. The molecule has 0 atom stereocenters. The van der Waals surface area contributed by atoms with E-state index in [0.29, 0.717) is 29.0 Å². The number of para-hydroxylation sites is 1. The summed E-state index contributed by atoms with van der Waals surface area (Å²) in [5.41, 5.74) is 3.03. The van der Waals surface area contributed by atoms with E-state index < -0.39 is 0 Å². The Labute approximate surface area is 171 Å². The highest BCUT2D eigenvalue weighted by Crippen LogP contribution is 2.15. The summed E-state index contributed by atoms with van der Waals surface area (Å²) in [6.07, 6.45) is 4.56. The largest absolute Gasteiger partial charge is 0.348 e. The number of amides is 2. The number of nitrogens with one attached hydrogen (secondary N) is 2. The molecule has 0 aliphatic heterocycles. The Morgan fingerprint density at radius 3 is 2.57 bits per heavy atom. The Bertz CT molecular complexity index is 1160. The molecule has 2 heterocycles. The number of anilines is 1. The van der Waals surface area contributed by atoms with E-state index in [0.717, 1.165) is 5.56 Å². The van der Waals surface area contributed by atoms with Crippen LogP contribution in [0.25, 0.3) is 5.69 Å². The van der Waals surface area contributed by atoms with Gasteiger partial charge in [0.05, 0.1) is 11.3 Å². The standard InChI is InChI=1S/C21H17N7O2/c29-20(16-8-10-22-11-9-16)25-17-5-3-4-15(12-17)13-23-21(30)18-6-1-2-7-19(18)28-14-24-26-27-28/h1-12,14H,13H2,(H,23,30)(H,25,29). The molecule has 0 fully saturated rings. The van der Waals surface area contributed by atoms with E-state index >= 15 is 0 Å². The van der Waals surface area contributed by atoms with E-state index in [1.54, 1.807) is 48.8 Å². The SMILES string of the molecule is O=C(Nc1cccc(CNC(=O)c2ccccc2-n2cnnn2)c1)c1ccncc1. The lowest BCUT2D eigenvalue weighted by atomic mass is 10.1. The van der Waals surface area contributed by atoms with Gasteiger partial charge in [0.1, 0.15) is 6.33 Å². The fourth-order valence-electron chi connectivity index (χ4n) is 2.88. The first-order valence-corrected chi connectivity index (χ1v) is 9.11. The predicted molar refractivity (Wildman–Crippen MR) is 109 cm³/mol. The maximum atomic E-state index is 12.7. The van der Waals surface area contributed by atoms with Crippen molar-refractivity contribution in [3.05, 3.63) is 96.1 Å². The van der Waals surface area contributed by atoms with Gasteiger partial charge in [0.2, 0.25) is 0 Å². The summed E-state index contributed by atoms with van der Waals surface area (Å²) >= 11 is 0. The van der Waals surface area contributed by atoms with Crippen molar-refractivity contribution in [3.8, 4) is 5.69 Å². The lowest BCUT2D eigenvalue weighted by Gasteiger charge is -2.11. The fourth-order valence-corrected chi connectivity index (χ4v) is 2.88. The smallest absolute Gasteiger partial charge is 0.255 e. The van der Waals surface area contributed by atoms with E-state index in [-0.39, 0.29) is 11.8 Å². The Morgan fingerprint density at radius 2 is 1.77 bits per heavy atom. The maximum Gasteiger partial charge on any atom is 0.255 e. The van der Waals surface area contributed by atoms with Crippen LogP contribution in [0.5, 0.6) is 0 Å². The maximum absolute atomic E-state index is 12.7. The van der Waals surface area contributed by atoms with Crippen LogP contribution in [0.15, 0.2) is 79.4 Å². The zero-order valence-electron chi connectivity index (χ0n) is 15.8.